The molecular formula is C13H24N2O5. The molecule has 1 rings (SSSR count). The van der Waals surface area contributed by atoms with Crippen LogP contribution in [0.3, 0.4) is 0 Å². The van der Waals surface area contributed by atoms with Gasteiger partial charge in [0.15, 0.2) is 0 Å². The second-order valence-corrected chi connectivity index (χ2v) is 5.76. The van der Waals surface area contributed by atoms with Gasteiger partial charge in [0, 0.05) is 19.7 Å². The third-order valence-corrected chi connectivity index (χ3v) is 2.90. The van der Waals surface area contributed by atoms with Gasteiger partial charge in [0.2, 0.25) is 0 Å². The molecule has 0 radical (unpaired) electrons. The Morgan fingerprint density at radius 3 is 2.55 bits per heavy atom. The fourth-order valence-corrected chi connectivity index (χ4v) is 2.12. The third-order valence-electron chi connectivity index (χ3n) is 2.90. The van der Waals surface area contributed by atoms with Gasteiger partial charge in [-0.3, -0.25) is 0 Å². The zero-order valence-corrected chi connectivity index (χ0v) is 12.5. The number of carbonyl (C=O) groups is 2. The largest absolute Gasteiger partial charge is 0.465 e. The van der Waals surface area contributed by atoms with Gasteiger partial charge in [0.1, 0.15) is 5.60 Å². The summed E-state index contributed by atoms with van der Waals surface area (Å²) in [6.45, 7) is 8.33. The molecule has 2 unspecified atom stereocenters. The number of hydrogen-bond acceptors (Lipinski definition) is 4. The Kier molecular flexibility index (Phi) is 5.62. The van der Waals surface area contributed by atoms with Crippen molar-refractivity contribution in [2.75, 3.05) is 19.7 Å². The first-order valence-corrected chi connectivity index (χ1v) is 6.82. The van der Waals surface area contributed by atoms with E-state index in [0.717, 1.165) is 0 Å². The topological polar surface area (TPSA) is 88.1 Å². The van der Waals surface area contributed by atoms with Gasteiger partial charge < -0.3 is 24.8 Å². The first-order valence-electron chi connectivity index (χ1n) is 6.82. The molecule has 2 amide bonds. The van der Waals surface area contributed by atoms with E-state index in [0.29, 0.717) is 19.6 Å². The molecule has 1 aliphatic heterocycles. The number of amides is 2. The third kappa shape index (κ3) is 5.24. The molecule has 2 N–H and O–H groups in total. The molecule has 1 heterocycles. The highest BCUT2D eigenvalue weighted by Gasteiger charge is 2.33. The predicted octanol–water partition coefficient (Wildman–Crippen LogP) is 1.67. The first-order chi connectivity index (χ1) is 9.23. The maximum Gasteiger partial charge on any atom is 0.408 e. The number of carbonyl (C=O) groups excluding carboxylic acids is 1. The number of likely N-dealkylation sites (tertiary alicyclic amines) is 1. The van der Waals surface area contributed by atoms with Crippen molar-refractivity contribution in [2.24, 2.45) is 0 Å². The fraction of sp³-hybridized carbons (Fsp3) is 0.846. The van der Waals surface area contributed by atoms with E-state index < -0.39 is 23.8 Å². The maximum absolute atomic E-state index is 11.8. The average Bonchev–Trinajstić information content (AvgIpc) is 2.28. The van der Waals surface area contributed by atoms with E-state index in [2.05, 4.69) is 5.32 Å². The van der Waals surface area contributed by atoms with Crippen molar-refractivity contribution < 1.29 is 24.2 Å². The van der Waals surface area contributed by atoms with Crippen LogP contribution < -0.4 is 5.32 Å². The number of hydrogen-bond donors (Lipinski definition) is 2. The van der Waals surface area contributed by atoms with E-state index >= 15 is 0 Å². The number of rotatable bonds is 3. The molecule has 2 atom stereocenters. The number of alkyl carbamates (subject to hydrolysis) is 1. The highest BCUT2D eigenvalue weighted by molar-refractivity contribution is 5.69. The summed E-state index contributed by atoms with van der Waals surface area (Å²) in [5, 5.41) is 11.7. The van der Waals surface area contributed by atoms with Crippen LogP contribution >= 0.6 is 0 Å². The predicted molar refractivity (Wildman–Crippen MR) is 72.8 cm³/mol. The minimum absolute atomic E-state index is 0.192. The summed E-state index contributed by atoms with van der Waals surface area (Å²) >= 11 is 0. The van der Waals surface area contributed by atoms with Crippen LogP contribution in [0.25, 0.3) is 0 Å². The summed E-state index contributed by atoms with van der Waals surface area (Å²) in [5.41, 5.74) is -0.591. The zero-order valence-electron chi connectivity index (χ0n) is 12.5. The van der Waals surface area contributed by atoms with E-state index in [1.54, 1.807) is 20.8 Å². The number of ether oxygens (including phenoxy) is 2. The molecule has 1 saturated heterocycles. The van der Waals surface area contributed by atoms with Gasteiger partial charge in [0.05, 0.1) is 12.1 Å². The Bertz CT molecular complexity index is 353. The number of nitrogens with one attached hydrogen (secondary N) is 1. The summed E-state index contributed by atoms with van der Waals surface area (Å²) < 4.78 is 10.8. The van der Waals surface area contributed by atoms with Crippen molar-refractivity contribution >= 4 is 12.2 Å². The van der Waals surface area contributed by atoms with Crippen LogP contribution in [-0.2, 0) is 9.47 Å². The van der Waals surface area contributed by atoms with Gasteiger partial charge in [-0.1, -0.05) is 0 Å². The van der Waals surface area contributed by atoms with Crippen LogP contribution in [0.5, 0.6) is 0 Å². The van der Waals surface area contributed by atoms with Crippen molar-refractivity contribution in [2.45, 2.75) is 51.9 Å². The standard InChI is InChI=1S/C13H24N2O5/c1-5-19-10-6-7-15(12(17)18)8-9(10)14-11(16)20-13(2,3)4/h9-10H,5-8H2,1-4H3,(H,14,16)(H,17,18). The summed E-state index contributed by atoms with van der Waals surface area (Å²) in [5.74, 6) is 0. The second kappa shape index (κ2) is 6.78. The zero-order chi connectivity index (χ0) is 15.3. The number of piperidine rings is 1. The van der Waals surface area contributed by atoms with Gasteiger partial charge in [-0.25, -0.2) is 9.59 Å². The Morgan fingerprint density at radius 2 is 2.05 bits per heavy atom. The quantitative estimate of drug-likeness (QED) is 0.824. The Balaban J connectivity index is 2.64. The molecule has 20 heavy (non-hydrogen) atoms. The van der Waals surface area contributed by atoms with Crippen LogP contribution in [0, 0.1) is 0 Å². The van der Waals surface area contributed by atoms with Gasteiger partial charge in [-0.2, -0.15) is 0 Å². The van der Waals surface area contributed by atoms with Crippen LogP contribution in [0.2, 0.25) is 0 Å². The smallest absolute Gasteiger partial charge is 0.408 e. The van der Waals surface area contributed by atoms with Gasteiger partial charge in [0.25, 0.3) is 0 Å². The monoisotopic (exact) mass is 288 g/mol. The van der Waals surface area contributed by atoms with Crippen molar-refractivity contribution in [1.29, 1.82) is 0 Å². The summed E-state index contributed by atoms with van der Waals surface area (Å²) in [6, 6.07) is -0.394. The van der Waals surface area contributed by atoms with Crippen molar-refractivity contribution in [3.05, 3.63) is 0 Å². The fourth-order valence-electron chi connectivity index (χ4n) is 2.12. The lowest BCUT2D eigenvalue weighted by atomic mass is 10.0. The second-order valence-electron chi connectivity index (χ2n) is 5.76. The maximum atomic E-state index is 11.8. The van der Waals surface area contributed by atoms with Crippen molar-refractivity contribution in [3.63, 3.8) is 0 Å². The molecule has 0 aliphatic carbocycles. The molecule has 0 bridgehead atoms. The Morgan fingerprint density at radius 1 is 1.40 bits per heavy atom. The van der Waals surface area contributed by atoms with E-state index in [9.17, 15) is 9.59 Å². The van der Waals surface area contributed by atoms with Gasteiger partial charge in [-0.15, -0.1) is 0 Å². The summed E-state index contributed by atoms with van der Waals surface area (Å²) in [4.78, 5) is 24.1. The van der Waals surface area contributed by atoms with Crippen LogP contribution in [0.4, 0.5) is 9.59 Å². The van der Waals surface area contributed by atoms with Crippen LogP contribution in [-0.4, -0.2) is 59.6 Å². The van der Waals surface area contributed by atoms with E-state index in [-0.39, 0.29) is 12.6 Å². The molecule has 0 saturated carbocycles. The lowest BCUT2D eigenvalue weighted by Crippen LogP contribution is -2.57. The SMILES string of the molecule is CCOC1CCN(C(=O)O)CC1NC(=O)OC(C)(C)C. The van der Waals surface area contributed by atoms with E-state index in [4.69, 9.17) is 14.6 Å². The minimum Gasteiger partial charge on any atom is -0.465 e. The Labute approximate surface area is 119 Å². The van der Waals surface area contributed by atoms with E-state index in [1.807, 2.05) is 6.92 Å². The lowest BCUT2D eigenvalue weighted by molar-refractivity contribution is -0.0134. The van der Waals surface area contributed by atoms with Crippen molar-refractivity contribution in [1.82, 2.24) is 10.2 Å². The summed E-state index contributed by atoms with van der Waals surface area (Å²) in [6.07, 6.45) is -1.18. The van der Waals surface area contributed by atoms with Crippen LogP contribution in [0.1, 0.15) is 34.1 Å². The van der Waals surface area contributed by atoms with Gasteiger partial charge >= 0.3 is 12.2 Å². The number of carboxylic acid groups (broad SMARTS) is 1. The molecule has 7 nitrogen and oxygen atoms in total. The first kappa shape index (κ1) is 16.6. The molecule has 0 spiro atoms. The highest BCUT2D eigenvalue weighted by Crippen LogP contribution is 2.16. The van der Waals surface area contributed by atoms with Gasteiger partial charge in [-0.05, 0) is 34.1 Å². The molecule has 1 aliphatic rings. The number of nitrogens with zero attached hydrogens (tertiary/aromatic N) is 1. The van der Waals surface area contributed by atoms with E-state index in [1.165, 1.54) is 4.90 Å². The molecular weight excluding hydrogens is 264 g/mol. The molecule has 0 aromatic heterocycles. The Hall–Kier alpha value is -1.50. The van der Waals surface area contributed by atoms with Crippen LogP contribution in [0.15, 0.2) is 0 Å². The molecule has 7 heteroatoms. The lowest BCUT2D eigenvalue weighted by Gasteiger charge is -2.37. The normalized spacial score (nSPS) is 23.3. The molecule has 0 aromatic rings. The summed E-state index contributed by atoms with van der Waals surface area (Å²) in [7, 11) is 0. The van der Waals surface area contributed by atoms with Crippen molar-refractivity contribution in [3.8, 4) is 0 Å². The molecule has 0 aromatic carbocycles. The minimum atomic E-state index is -0.990. The highest BCUT2D eigenvalue weighted by atomic mass is 16.6. The molecule has 1 fully saturated rings. The molecule has 116 valence electrons. The average molecular weight is 288 g/mol.